The number of hydrogen-bond donors (Lipinski definition) is 2. The number of nitrogens with zero attached hydrogens (tertiary/aromatic N) is 4. The molecule has 2 aromatic carbocycles. The first-order valence-corrected chi connectivity index (χ1v) is 13.4. The van der Waals surface area contributed by atoms with E-state index in [0.29, 0.717) is 18.0 Å². The van der Waals surface area contributed by atoms with Crippen LogP contribution < -0.4 is 0 Å². The third kappa shape index (κ3) is 4.00. The summed E-state index contributed by atoms with van der Waals surface area (Å²) in [6.45, 7) is 12.4. The molecule has 4 heterocycles. The van der Waals surface area contributed by atoms with Crippen molar-refractivity contribution in [3.63, 3.8) is 0 Å². The first-order valence-electron chi connectivity index (χ1n) is 13.1. The molecule has 8 heteroatoms. The average Bonchev–Trinajstić information content (AvgIpc) is 3.31. The second-order valence-corrected chi connectivity index (χ2v) is 11.3. The summed E-state index contributed by atoms with van der Waals surface area (Å²) < 4.78 is 0. The summed E-state index contributed by atoms with van der Waals surface area (Å²) in [6.07, 6.45) is 1.46. The minimum absolute atomic E-state index is 0.0862. The summed E-state index contributed by atoms with van der Waals surface area (Å²) in [5, 5.41) is 12.1. The number of H-pyrrole nitrogens is 1. The molecule has 2 N–H and O–H groups in total. The summed E-state index contributed by atoms with van der Waals surface area (Å²) in [5.74, 6) is 1.01. The molecule has 3 aliphatic heterocycles. The Morgan fingerprint density at radius 3 is 2.68 bits per heavy atom. The van der Waals surface area contributed by atoms with Gasteiger partial charge in [-0.05, 0) is 68.4 Å². The van der Waals surface area contributed by atoms with Gasteiger partial charge < -0.3 is 24.8 Å². The van der Waals surface area contributed by atoms with E-state index in [-0.39, 0.29) is 17.7 Å². The van der Waals surface area contributed by atoms with Gasteiger partial charge in [0.15, 0.2) is 0 Å². The Balaban J connectivity index is 1.36. The van der Waals surface area contributed by atoms with Crippen LogP contribution in [0.4, 0.5) is 0 Å². The van der Waals surface area contributed by atoms with E-state index < -0.39 is 5.54 Å². The maximum atomic E-state index is 14.1. The number of carbonyl (C=O) groups excluding carboxylic acids is 1. The molecule has 6 rings (SSSR count). The summed E-state index contributed by atoms with van der Waals surface area (Å²) in [6, 6.07) is 12.9. The smallest absolute Gasteiger partial charge is 0.254 e. The van der Waals surface area contributed by atoms with Crippen molar-refractivity contribution in [3.05, 3.63) is 76.7 Å². The molecule has 0 aliphatic carbocycles. The molecule has 0 saturated carbocycles. The van der Waals surface area contributed by atoms with Crippen molar-refractivity contribution >= 4 is 28.4 Å². The predicted octanol–water partition coefficient (Wildman–Crippen LogP) is 4.18. The van der Waals surface area contributed by atoms with Gasteiger partial charge in [-0.1, -0.05) is 30.3 Å². The van der Waals surface area contributed by atoms with Crippen LogP contribution in [0, 0.1) is 0 Å². The number of rotatable bonds is 5. The van der Waals surface area contributed by atoms with E-state index in [0.717, 1.165) is 72.7 Å². The van der Waals surface area contributed by atoms with Gasteiger partial charge >= 0.3 is 0 Å². The second kappa shape index (κ2) is 9.08. The normalized spacial score (nSPS) is 24.7. The second-order valence-electron chi connectivity index (χ2n) is 10.9. The number of hydrogen-bond acceptors (Lipinski definition) is 5. The third-order valence-corrected chi connectivity index (χ3v) is 8.65. The van der Waals surface area contributed by atoms with E-state index in [1.54, 1.807) is 12.1 Å². The van der Waals surface area contributed by atoms with E-state index in [4.69, 9.17) is 11.6 Å². The molecule has 0 bridgehead atoms. The van der Waals surface area contributed by atoms with Crippen LogP contribution >= 0.6 is 11.6 Å². The van der Waals surface area contributed by atoms with Crippen LogP contribution in [0.5, 0.6) is 5.75 Å². The number of halogens is 1. The maximum absolute atomic E-state index is 14.1. The zero-order valence-electron chi connectivity index (χ0n) is 21.5. The van der Waals surface area contributed by atoms with Crippen LogP contribution in [0.2, 0.25) is 5.02 Å². The number of aromatic hydroxyl groups is 1. The van der Waals surface area contributed by atoms with Gasteiger partial charge in [0.2, 0.25) is 0 Å². The molecule has 37 heavy (non-hydrogen) atoms. The Morgan fingerprint density at radius 1 is 1.14 bits per heavy atom. The highest BCUT2D eigenvalue weighted by Gasteiger charge is 2.57. The van der Waals surface area contributed by atoms with Crippen LogP contribution in [0.1, 0.15) is 36.2 Å². The first kappa shape index (κ1) is 24.3. The molecular formula is C29H34ClN5O2. The number of phenolic OH excluding ortho intramolecular Hbond substituents is 1. The van der Waals surface area contributed by atoms with E-state index >= 15 is 0 Å². The fourth-order valence-corrected chi connectivity index (χ4v) is 6.60. The number of aromatic nitrogens is 1. The number of piperazine rings is 1. The third-order valence-electron chi connectivity index (χ3n) is 8.42. The molecule has 1 aromatic heterocycles. The topological polar surface area (TPSA) is 66.0 Å². The quantitative estimate of drug-likeness (QED) is 0.529. The summed E-state index contributed by atoms with van der Waals surface area (Å²) in [5.41, 5.74) is 3.24. The number of likely N-dealkylation sites (N-methyl/N-ethyl adjacent to an activating group) is 1. The molecule has 3 aromatic rings. The van der Waals surface area contributed by atoms with Gasteiger partial charge in [-0.3, -0.25) is 9.69 Å². The molecule has 2 atom stereocenters. The van der Waals surface area contributed by atoms with Gasteiger partial charge in [0.25, 0.3) is 5.91 Å². The highest BCUT2D eigenvalue weighted by atomic mass is 35.5. The summed E-state index contributed by atoms with van der Waals surface area (Å²) in [7, 11) is 2.16. The van der Waals surface area contributed by atoms with Crippen LogP contribution in [-0.2, 0) is 11.2 Å². The maximum Gasteiger partial charge on any atom is 0.254 e. The van der Waals surface area contributed by atoms with Crippen LogP contribution in [0.15, 0.2) is 54.9 Å². The SMILES string of the molecule is C=C1N(CCCN2CCN(C)CC2)C(=O)[C@]2(C)Cc3c([nH]c4ccc(Cl)cc34)[C@@H](c3cccc(O)c3)N12. The fraction of sp³-hybridized carbons (Fsp3) is 0.414. The highest BCUT2D eigenvalue weighted by molar-refractivity contribution is 6.31. The van der Waals surface area contributed by atoms with E-state index in [2.05, 4.69) is 33.3 Å². The number of benzene rings is 2. The van der Waals surface area contributed by atoms with Crippen molar-refractivity contribution in [1.82, 2.24) is 24.6 Å². The lowest BCUT2D eigenvalue weighted by Gasteiger charge is -2.44. The van der Waals surface area contributed by atoms with Gasteiger partial charge in [-0.2, -0.15) is 0 Å². The molecule has 2 fully saturated rings. The minimum atomic E-state index is -0.786. The van der Waals surface area contributed by atoms with Crippen molar-refractivity contribution in [2.24, 2.45) is 0 Å². The Kier molecular flexibility index (Phi) is 5.97. The molecule has 0 radical (unpaired) electrons. The lowest BCUT2D eigenvalue weighted by molar-refractivity contribution is -0.133. The molecule has 0 spiro atoms. The zero-order valence-corrected chi connectivity index (χ0v) is 22.3. The van der Waals surface area contributed by atoms with Gasteiger partial charge in [0.1, 0.15) is 17.1 Å². The van der Waals surface area contributed by atoms with Crippen LogP contribution in [0.3, 0.4) is 0 Å². The van der Waals surface area contributed by atoms with Crippen molar-refractivity contribution in [3.8, 4) is 5.75 Å². The largest absolute Gasteiger partial charge is 0.508 e. The number of fused-ring (bicyclic) bond motifs is 4. The predicted molar refractivity (Wildman–Crippen MR) is 147 cm³/mol. The molecule has 7 nitrogen and oxygen atoms in total. The number of carbonyl (C=O) groups is 1. The minimum Gasteiger partial charge on any atom is -0.508 e. The van der Waals surface area contributed by atoms with Crippen LogP contribution in [0.25, 0.3) is 10.9 Å². The molecule has 2 saturated heterocycles. The van der Waals surface area contributed by atoms with Gasteiger partial charge in [0.05, 0.1) is 6.04 Å². The van der Waals surface area contributed by atoms with E-state index in [9.17, 15) is 9.90 Å². The summed E-state index contributed by atoms with van der Waals surface area (Å²) in [4.78, 5) is 26.6. The van der Waals surface area contributed by atoms with Crippen molar-refractivity contribution in [2.45, 2.75) is 31.3 Å². The number of phenols is 1. The van der Waals surface area contributed by atoms with E-state index in [1.807, 2.05) is 42.2 Å². The Morgan fingerprint density at radius 2 is 1.92 bits per heavy atom. The number of nitrogens with one attached hydrogen (secondary N) is 1. The standard InChI is InChI=1S/C29H34ClN5O2/c1-19-34(11-5-10-33-14-12-32(3)13-15-33)28(37)29(2)18-24-23-17-21(30)8-9-25(23)31-26(24)27(35(19)29)20-6-4-7-22(36)16-20/h4,6-9,16-17,27,31,36H,1,5,10-15,18H2,2-3H3/t27-,29+/m1/s1. The first-order chi connectivity index (χ1) is 17.8. The molecule has 194 valence electrons. The van der Waals surface area contributed by atoms with Crippen molar-refractivity contribution in [2.75, 3.05) is 46.3 Å². The lowest BCUT2D eigenvalue weighted by atomic mass is 9.81. The summed E-state index contributed by atoms with van der Waals surface area (Å²) >= 11 is 6.39. The molecule has 0 unspecified atom stereocenters. The monoisotopic (exact) mass is 519 g/mol. The Labute approximate surface area is 222 Å². The Hall–Kier alpha value is -3.00. The van der Waals surface area contributed by atoms with Gasteiger partial charge in [-0.15, -0.1) is 0 Å². The number of amides is 1. The lowest BCUT2D eigenvalue weighted by Crippen LogP contribution is -2.52. The molecular weight excluding hydrogens is 486 g/mol. The van der Waals surface area contributed by atoms with Crippen molar-refractivity contribution in [1.29, 1.82) is 0 Å². The van der Waals surface area contributed by atoms with Crippen LogP contribution in [-0.4, -0.2) is 87.5 Å². The highest BCUT2D eigenvalue weighted by Crippen LogP contribution is 2.51. The number of aromatic amines is 1. The van der Waals surface area contributed by atoms with Crippen molar-refractivity contribution < 1.29 is 9.90 Å². The molecule has 1 amide bonds. The van der Waals surface area contributed by atoms with Gasteiger partial charge in [0, 0.05) is 60.8 Å². The zero-order chi connectivity index (χ0) is 25.9. The fourth-order valence-electron chi connectivity index (χ4n) is 6.42. The van der Waals surface area contributed by atoms with E-state index in [1.165, 1.54) is 0 Å². The average molecular weight is 520 g/mol. The molecule has 3 aliphatic rings. The van der Waals surface area contributed by atoms with Gasteiger partial charge in [-0.25, -0.2) is 0 Å². The Bertz CT molecular complexity index is 1380.